The monoisotopic (exact) mass is 500 g/mol. The van der Waals surface area contributed by atoms with Gasteiger partial charge >= 0.3 is 0 Å². The number of carbonyl (C=O) groups excluding carboxylic acids is 2. The highest BCUT2D eigenvalue weighted by Gasteiger charge is 2.41. The van der Waals surface area contributed by atoms with Gasteiger partial charge in [-0.25, -0.2) is 0 Å². The van der Waals surface area contributed by atoms with Crippen molar-refractivity contribution in [2.24, 2.45) is 5.41 Å². The third-order valence-electron chi connectivity index (χ3n) is 7.13. The zero-order valence-corrected chi connectivity index (χ0v) is 21.9. The molecule has 2 saturated heterocycles. The number of piperidine rings is 2. The molecule has 0 radical (unpaired) electrons. The molecular formula is C27H37ClN4O3. The van der Waals surface area contributed by atoms with Gasteiger partial charge < -0.3 is 14.5 Å². The number of rotatable bonds is 6. The number of benzene rings is 1. The van der Waals surface area contributed by atoms with Crippen molar-refractivity contribution in [3.8, 4) is 5.75 Å². The number of aromatic amines is 1. The third-order valence-corrected chi connectivity index (χ3v) is 7.36. The normalized spacial score (nSPS) is 21.1. The van der Waals surface area contributed by atoms with Crippen LogP contribution in [-0.4, -0.2) is 64.6 Å². The molecule has 2 aliphatic rings. The molecule has 1 aromatic heterocycles. The van der Waals surface area contributed by atoms with E-state index < -0.39 is 5.41 Å². The highest BCUT2D eigenvalue weighted by molar-refractivity contribution is 6.30. The van der Waals surface area contributed by atoms with Crippen LogP contribution in [0.15, 0.2) is 30.3 Å². The molecule has 2 fully saturated rings. The fourth-order valence-electron chi connectivity index (χ4n) is 5.04. The topological polar surface area (TPSA) is 78.5 Å². The minimum absolute atomic E-state index is 0.103. The minimum atomic E-state index is -0.464. The molecule has 0 saturated carbocycles. The van der Waals surface area contributed by atoms with E-state index in [1.165, 1.54) is 6.42 Å². The summed E-state index contributed by atoms with van der Waals surface area (Å²) in [5.41, 5.74) is 0.758. The number of amides is 2. The maximum Gasteiger partial charge on any atom is 0.274 e. The number of carbonyl (C=O) groups is 2. The average Bonchev–Trinajstić information content (AvgIpc) is 3.34. The summed E-state index contributed by atoms with van der Waals surface area (Å²) in [7, 11) is 0. The van der Waals surface area contributed by atoms with Crippen molar-refractivity contribution in [1.29, 1.82) is 0 Å². The van der Waals surface area contributed by atoms with Gasteiger partial charge in [0.15, 0.2) is 0 Å². The predicted molar refractivity (Wildman–Crippen MR) is 137 cm³/mol. The van der Waals surface area contributed by atoms with Crippen LogP contribution in [0.25, 0.3) is 0 Å². The molecule has 2 amide bonds. The second-order valence-corrected chi connectivity index (χ2v) is 11.5. The van der Waals surface area contributed by atoms with E-state index in [-0.39, 0.29) is 17.2 Å². The molecule has 1 aromatic carbocycles. The molecule has 35 heavy (non-hydrogen) atoms. The molecule has 190 valence electrons. The number of halogens is 1. The second-order valence-electron chi connectivity index (χ2n) is 11.1. The number of H-pyrrole nitrogens is 1. The van der Waals surface area contributed by atoms with Gasteiger partial charge in [-0.05, 0) is 56.4 Å². The first kappa shape index (κ1) is 25.5. The van der Waals surface area contributed by atoms with Gasteiger partial charge in [-0.3, -0.25) is 14.7 Å². The molecule has 0 bridgehead atoms. The molecular weight excluding hydrogens is 464 g/mol. The summed E-state index contributed by atoms with van der Waals surface area (Å²) in [4.78, 5) is 30.6. The number of hydrogen-bond donors (Lipinski definition) is 1. The molecule has 0 aliphatic carbocycles. The van der Waals surface area contributed by atoms with Gasteiger partial charge in [-0.2, -0.15) is 5.10 Å². The highest BCUT2D eigenvalue weighted by atomic mass is 35.5. The van der Waals surface area contributed by atoms with E-state index in [9.17, 15) is 9.59 Å². The number of nitrogens with zero attached hydrogens (tertiary/aromatic N) is 3. The Kier molecular flexibility index (Phi) is 7.74. The molecule has 1 unspecified atom stereocenters. The van der Waals surface area contributed by atoms with Crippen molar-refractivity contribution in [2.75, 3.05) is 32.8 Å². The lowest BCUT2D eigenvalue weighted by Gasteiger charge is -2.43. The molecule has 1 atom stereocenters. The van der Waals surface area contributed by atoms with Gasteiger partial charge in [0.2, 0.25) is 5.91 Å². The molecule has 1 N–H and O–H groups in total. The lowest BCUT2D eigenvalue weighted by atomic mass is 9.77. The Hall–Kier alpha value is -2.54. The van der Waals surface area contributed by atoms with Crippen LogP contribution in [0.1, 0.15) is 75.5 Å². The van der Waals surface area contributed by atoms with Gasteiger partial charge in [0, 0.05) is 54.1 Å². The summed E-state index contributed by atoms with van der Waals surface area (Å²) < 4.78 is 6.19. The summed E-state index contributed by atoms with van der Waals surface area (Å²) in [5.74, 6) is 0.727. The molecule has 2 aromatic rings. The number of ether oxygens (including phenoxy) is 1. The van der Waals surface area contributed by atoms with Crippen molar-refractivity contribution in [2.45, 2.75) is 64.7 Å². The Morgan fingerprint density at radius 3 is 2.51 bits per heavy atom. The number of nitrogens with one attached hydrogen (secondary N) is 1. The third kappa shape index (κ3) is 6.37. The number of likely N-dealkylation sites (tertiary alicyclic amines) is 2. The first-order chi connectivity index (χ1) is 16.7. The maximum absolute atomic E-state index is 13.4. The van der Waals surface area contributed by atoms with E-state index in [1.54, 1.807) is 12.1 Å². The SMILES string of the molecule is CC(C)(C)c1cc(C(=O)N2CCCC(COc3cccc(Cl)c3)(CC(=O)N3CCCCC3)C2)n[nH]1. The average molecular weight is 501 g/mol. The molecule has 8 heteroatoms. The van der Waals surface area contributed by atoms with E-state index in [1.807, 2.05) is 28.0 Å². The summed E-state index contributed by atoms with van der Waals surface area (Å²) in [6.45, 7) is 9.34. The smallest absolute Gasteiger partial charge is 0.274 e. The van der Waals surface area contributed by atoms with Crippen LogP contribution in [0.5, 0.6) is 5.75 Å². The zero-order chi connectivity index (χ0) is 25.1. The molecule has 7 nitrogen and oxygen atoms in total. The molecule has 0 spiro atoms. The van der Waals surface area contributed by atoms with Crippen LogP contribution in [-0.2, 0) is 10.2 Å². The Morgan fingerprint density at radius 2 is 1.83 bits per heavy atom. The van der Waals surface area contributed by atoms with Crippen LogP contribution < -0.4 is 4.74 Å². The van der Waals surface area contributed by atoms with Gasteiger partial charge in [0.25, 0.3) is 5.91 Å². The highest BCUT2D eigenvalue weighted by Crippen LogP contribution is 2.36. The number of hydrogen-bond acceptors (Lipinski definition) is 4. The van der Waals surface area contributed by atoms with E-state index >= 15 is 0 Å². The molecule has 3 heterocycles. The standard InChI is InChI=1S/C27H37ClN4O3/c1-26(2,3)23-16-22(29-30-23)25(34)32-14-8-11-27(18-32,17-24(33)31-12-5-4-6-13-31)19-35-21-10-7-9-20(28)15-21/h7,9-10,15-16H,4-6,8,11-14,17-19H2,1-3H3,(H,29,30). The van der Waals surface area contributed by atoms with Crippen LogP contribution in [0.4, 0.5) is 0 Å². The largest absolute Gasteiger partial charge is 0.493 e. The van der Waals surface area contributed by atoms with Crippen LogP contribution in [0.2, 0.25) is 5.02 Å². The summed E-state index contributed by atoms with van der Waals surface area (Å²) in [6, 6.07) is 9.16. The Morgan fingerprint density at radius 1 is 1.09 bits per heavy atom. The van der Waals surface area contributed by atoms with E-state index in [0.29, 0.717) is 42.6 Å². The first-order valence-electron chi connectivity index (χ1n) is 12.7. The van der Waals surface area contributed by atoms with Gasteiger partial charge in [-0.1, -0.05) is 38.4 Å². The zero-order valence-electron chi connectivity index (χ0n) is 21.1. The minimum Gasteiger partial charge on any atom is -0.493 e. The number of aromatic nitrogens is 2. The van der Waals surface area contributed by atoms with Crippen LogP contribution >= 0.6 is 11.6 Å². The Labute approximate surface area is 213 Å². The van der Waals surface area contributed by atoms with Gasteiger partial charge in [0.1, 0.15) is 11.4 Å². The summed E-state index contributed by atoms with van der Waals surface area (Å²) in [6.07, 6.45) is 5.29. The van der Waals surface area contributed by atoms with Crippen LogP contribution in [0.3, 0.4) is 0 Å². The van der Waals surface area contributed by atoms with Crippen molar-refractivity contribution in [3.05, 3.63) is 46.7 Å². The lowest BCUT2D eigenvalue weighted by Crippen LogP contribution is -2.51. The molecule has 2 aliphatic heterocycles. The summed E-state index contributed by atoms with van der Waals surface area (Å²) in [5, 5.41) is 7.93. The van der Waals surface area contributed by atoms with Crippen molar-refractivity contribution < 1.29 is 14.3 Å². The van der Waals surface area contributed by atoms with E-state index in [4.69, 9.17) is 16.3 Å². The Balaban J connectivity index is 1.53. The van der Waals surface area contributed by atoms with Crippen molar-refractivity contribution >= 4 is 23.4 Å². The maximum atomic E-state index is 13.4. The summed E-state index contributed by atoms with van der Waals surface area (Å²) >= 11 is 6.15. The van der Waals surface area contributed by atoms with Crippen LogP contribution in [0, 0.1) is 5.41 Å². The first-order valence-corrected chi connectivity index (χ1v) is 13.0. The van der Waals surface area contributed by atoms with Crippen molar-refractivity contribution in [1.82, 2.24) is 20.0 Å². The lowest BCUT2D eigenvalue weighted by molar-refractivity contribution is -0.136. The predicted octanol–water partition coefficient (Wildman–Crippen LogP) is 5.06. The van der Waals surface area contributed by atoms with E-state index in [2.05, 4.69) is 31.0 Å². The van der Waals surface area contributed by atoms with E-state index in [0.717, 1.165) is 44.5 Å². The van der Waals surface area contributed by atoms with Crippen molar-refractivity contribution in [3.63, 3.8) is 0 Å². The molecule has 4 rings (SSSR count). The van der Waals surface area contributed by atoms with Gasteiger partial charge in [-0.15, -0.1) is 0 Å². The Bertz CT molecular complexity index is 1040. The van der Waals surface area contributed by atoms with Gasteiger partial charge in [0.05, 0.1) is 6.61 Å². The fourth-order valence-corrected chi connectivity index (χ4v) is 5.22. The quantitative estimate of drug-likeness (QED) is 0.601. The fraction of sp³-hybridized carbons (Fsp3) is 0.593. The second kappa shape index (κ2) is 10.6.